The maximum absolute atomic E-state index is 11.0. The van der Waals surface area contributed by atoms with Gasteiger partial charge in [0.25, 0.3) is 5.69 Å². The largest absolute Gasteiger partial charge is 0.376 e. The van der Waals surface area contributed by atoms with Crippen molar-refractivity contribution in [3.63, 3.8) is 0 Å². The Morgan fingerprint density at radius 3 is 2.78 bits per heavy atom. The number of hydrogen-bond acceptors (Lipinski definition) is 5. The van der Waals surface area contributed by atoms with Crippen LogP contribution in [-0.2, 0) is 0 Å². The predicted molar refractivity (Wildman–Crippen MR) is 74.6 cm³/mol. The molecule has 6 heteroatoms. The van der Waals surface area contributed by atoms with E-state index in [1.807, 2.05) is 13.2 Å². The minimum absolute atomic E-state index is 0.0563. The third-order valence-corrected chi connectivity index (χ3v) is 3.31. The van der Waals surface area contributed by atoms with E-state index in [2.05, 4.69) is 5.32 Å². The van der Waals surface area contributed by atoms with E-state index in [0.717, 1.165) is 12.2 Å². The number of nitro groups is 1. The van der Waals surface area contributed by atoms with Crippen LogP contribution in [0, 0.1) is 10.1 Å². The van der Waals surface area contributed by atoms with Crippen molar-refractivity contribution < 1.29 is 9.72 Å². The van der Waals surface area contributed by atoms with E-state index in [9.17, 15) is 14.9 Å². The summed E-state index contributed by atoms with van der Waals surface area (Å²) >= 11 is 1.69. The second-order valence-corrected chi connectivity index (χ2v) is 4.77. The smallest absolute Gasteiger partial charge is 0.293 e. The summed E-state index contributed by atoms with van der Waals surface area (Å²) in [5, 5.41) is 14.1. The highest BCUT2D eigenvalue weighted by atomic mass is 32.2. The number of aldehydes is 1. The van der Waals surface area contributed by atoms with Crippen LogP contribution < -0.4 is 5.32 Å². The van der Waals surface area contributed by atoms with E-state index < -0.39 is 4.92 Å². The van der Waals surface area contributed by atoms with Crippen molar-refractivity contribution >= 4 is 29.4 Å². The Hall–Kier alpha value is -1.56. The Morgan fingerprint density at radius 2 is 2.28 bits per heavy atom. The molecule has 0 fully saturated rings. The molecule has 0 saturated carbocycles. The van der Waals surface area contributed by atoms with E-state index in [1.54, 1.807) is 23.9 Å². The van der Waals surface area contributed by atoms with Crippen molar-refractivity contribution in [1.82, 2.24) is 0 Å². The number of nitrogens with zero attached hydrogens (tertiary/aromatic N) is 1. The Kier molecular flexibility index (Phi) is 5.64. The number of nitrogens with one attached hydrogen (secondary N) is 1. The molecular formula is C12H16N2O3S. The van der Waals surface area contributed by atoms with Gasteiger partial charge in [-0.2, -0.15) is 11.8 Å². The first-order chi connectivity index (χ1) is 8.62. The molecule has 0 aromatic heterocycles. The molecule has 0 saturated heterocycles. The molecule has 5 nitrogen and oxygen atoms in total. The SMILES string of the molecule is CCC(CSC)Nc1ccc(C=O)cc1[N+](=O)[O-]. The number of carbonyl (C=O) groups excluding carboxylic acids is 1. The van der Waals surface area contributed by atoms with E-state index in [4.69, 9.17) is 0 Å². The fourth-order valence-corrected chi connectivity index (χ4v) is 2.30. The van der Waals surface area contributed by atoms with Gasteiger partial charge in [0.1, 0.15) is 12.0 Å². The molecule has 0 amide bonds. The van der Waals surface area contributed by atoms with E-state index in [0.29, 0.717) is 17.5 Å². The molecule has 0 aliphatic carbocycles. The van der Waals surface area contributed by atoms with E-state index in [-0.39, 0.29) is 11.7 Å². The lowest BCUT2D eigenvalue weighted by molar-refractivity contribution is -0.384. The van der Waals surface area contributed by atoms with Crippen LogP contribution in [0.1, 0.15) is 23.7 Å². The van der Waals surface area contributed by atoms with Crippen LogP contribution in [0.25, 0.3) is 0 Å². The molecule has 0 aliphatic rings. The van der Waals surface area contributed by atoms with Gasteiger partial charge in [0.2, 0.25) is 0 Å². The summed E-state index contributed by atoms with van der Waals surface area (Å²) in [5.74, 6) is 0.878. The number of rotatable bonds is 7. The molecule has 0 radical (unpaired) electrons. The second kappa shape index (κ2) is 7.00. The van der Waals surface area contributed by atoms with Crippen molar-refractivity contribution in [2.24, 2.45) is 0 Å². The van der Waals surface area contributed by atoms with Crippen LogP contribution in [0.3, 0.4) is 0 Å². The first-order valence-corrected chi connectivity index (χ1v) is 7.00. The second-order valence-electron chi connectivity index (χ2n) is 3.86. The molecule has 1 rings (SSSR count). The highest BCUT2D eigenvalue weighted by Gasteiger charge is 2.16. The number of benzene rings is 1. The first kappa shape index (κ1) is 14.5. The Bertz CT molecular complexity index is 437. The first-order valence-electron chi connectivity index (χ1n) is 5.61. The molecule has 0 bridgehead atoms. The van der Waals surface area contributed by atoms with Crippen LogP contribution in [-0.4, -0.2) is 29.3 Å². The number of carbonyl (C=O) groups is 1. The van der Waals surface area contributed by atoms with Crippen molar-refractivity contribution in [2.75, 3.05) is 17.3 Å². The van der Waals surface area contributed by atoms with Gasteiger partial charge in [-0.1, -0.05) is 6.92 Å². The Balaban J connectivity index is 3.00. The third-order valence-electron chi connectivity index (χ3n) is 2.57. The molecule has 1 N–H and O–H groups in total. The zero-order valence-electron chi connectivity index (χ0n) is 10.4. The van der Waals surface area contributed by atoms with Gasteiger partial charge in [0.05, 0.1) is 4.92 Å². The van der Waals surface area contributed by atoms with Gasteiger partial charge >= 0.3 is 0 Å². The molecule has 0 aliphatic heterocycles. The highest BCUT2D eigenvalue weighted by molar-refractivity contribution is 7.98. The Morgan fingerprint density at radius 1 is 1.56 bits per heavy atom. The van der Waals surface area contributed by atoms with Crippen molar-refractivity contribution in [3.05, 3.63) is 33.9 Å². The van der Waals surface area contributed by atoms with Gasteiger partial charge in [-0.15, -0.1) is 0 Å². The average Bonchev–Trinajstić information content (AvgIpc) is 2.38. The number of thioether (sulfide) groups is 1. The van der Waals surface area contributed by atoms with Gasteiger partial charge in [0, 0.05) is 23.4 Å². The lowest BCUT2D eigenvalue weighted by Gasteiger charge is -2.17. The summed E-state index contributed by atoms with van der Waals surface area (Å²) in [6, 6.07) is 4.64. The summed E-state index contributed by atoms with van der Waals surface area (Å²) < 4.78 is 0. The molecule has 1 unspecified atom stereocenters. The molecule has 0 heterocycles. The third kappa shape index (κ3) is 3.73. The number of hydrogen-bond donors (Lipinski definition) is 1. The molecule has 1 atom stereocenters. The quantitative estimate of drug-likeness (QED) is 0.467. The zero-order chi connectivity index (χ0) is 13.5. The van der Waals surface area contributed by atoms with Gasteiger partial charge in [-0.3, -0.25) is 14.9 Å². The minimum Gasteiger partial charge on any atom is -0.376 e. The van der Waals surface area contributed by atoms with Crippen molar-refractivity contribution in [3.8, 4) is 0 Å². The van der Waals surface area contributed by atoms with E-state index >= 15 is 0 Å². The van der Waals surface area contributed by atoms with Gasteiger partial charge in [-0.25, -0.2) is 0 Å². The monoisotopic (exact) mass is 268 g/mol. The van der Waals surface area contributed by atoms with Crippen LogP contribution in [0.15, 0.2) is 18.2 Å². The molecule has 1 aromatic carbocycles. The molecular weight excluding hydrogens is 252 g/mol. The number of nitro benzene ring substituents is 1. The topological polar surface area (TPSA) is 72.2 Å². The summed E-state index contributed by atoms with van der Waals surface area (Å²) in [7, 11) is 0. The van der Waals surface area contributed by atoms with Crippen LogP contribution in [0.4, 0.5) is 11.4 Å². The zero-order valence-corrected chi connectivity index (χ0v) is 11.2. The number of anilines is 1. The Labute approximate surface area is 110 Å². The standard InChI is InChI=1S/C12H16N2O3S/c1-3-10(8-18-2)13-11-5-4-9(7-15)6-12(11)14(16)17/h4-7,10,13H,3,8H2,1-2H3. The van der Waals surface area contributed by atoms with Crippen LogP contribution in [0.2, 0.25) is 0 Å². The minimum atomic E-state index is -0.471. The predicted octanol–water partition coefficient (Wildman–Crippen LogP) is 2.96. The van der Waals surface area contributed by atoms with Crippen molar-refractivity contribution in [1.29, 1.82) is 0 Å². The average molecular weight is 268 g/mol. The fourth-order valence-electron chi connectivity index (χ4n) is 1.58. The molecule has 0 spiro atoms. The fraction of sp³-hybridized carbons (Fsp3) is 0.417. The van der Waals surface area contributed by atoms with Gasteiger partial charge in [0.15, 0.2) is 0 Å². The summed E-state index contributed by atoms with van der Waals surface area (Å²) in [5.41, 5.74) is 0.718. The van der Waals surface area contributed by atoms with E-state index in [1.165, 1.54) is 6.07 Å². The maximum Gasteiger partial charge on any atom is 0.293 e. The van der Waals surface area contributed by atoms with Crippen molar-refractivity contribution in [2.45, 2.75) is 19.4 Å². The van der Waals surface area contributed by atoms with Gasteiger partial charge < -0.3 is 5.32 Å². The lowest BCUT2D eigenvalue weighted by atomic mass is 10.1. The van der Waals surface area contributed by atoms with Crippen LogP contribution >= 0.6 is 11.8 Å². The summed E-state index contributed by atoms with van der Waals surface area (Å²) in [6.45, 7) is 2.03. The molecule has 18 heavy (non-hydrogen) atoms. The maximum atomic E-state index is 11.0. The molecule has 98 valence electrons. The van der Waals surface area contributed by atoms with Gasteiger partial charge in [-0.05, 0) is 24.8 Å². The summed E-state index contributed by atoms with van der Waals surface area (Å²) in [4.78, 5) is 21.1. The summed E-state index contributed by atoms with van der Waals surface area (Å²) in [6.07, 6.45) is 3.48. The molecule has 1 aromatic rings. The van der Waals surface area contributed by atoms with Crippen LogP contribution in [0.5, 0.6) is 0 Å². The highest BCUT2D eigenvalue weighted by Crippen LogP contribution is 2.26. The normalized spacial score (nSPS) is 11.9. The lowest BCUT2D eigenvalue weighted by Crippen LogP contribution is -2.21.